The van der Waals surface area contributed by atoms with Crippen molar-refractivity contribution in [2.24, 2.45) is 7.05 Å². The van der Waals surface area contributed by atoms with E-state index in [1.807, 2.05) is 31.4 Å². The second-order valence-electron chi connectivity index (χ2n) is 7.76. The number of halogens is 3. The van der Waals surface area contributed by atoms with Crippen molar-refractivity contribution in [3.8, 4) is 11.1 Å². The summed E-state index contributed by atoms with van der Waals surface area (Å²) in [6.07, 6.45) is 0.0958. The maximum absolute atomic E-state index is 12.4. The van der Waals surface area contributed by atoms with Crippen LogP contribution in [0.25, 0.3) is 33.2 Å². The lowest BCUT2D eigenvalue weighted by Gasteiger charge is -2.29. The van der Waals surface area contributed by atoms with Crippen LogP contribution in [0.2, 0.25) is 0 Å². The molecule has 0 aliphatic heterocycles. The van der Waals surface area contributed by atoms with E-state index in [4.69, 9.17) is 0 Å². The Morgan fingerprint density at radius 3 is 2.77 bits per heavy atom. The summed E-state index contributed by atoms with van der Waals surface area (Å²) in [7, 11) is 1.85. The summed E-state index contributed by atoms with van der Waals surface area (Å²) in [5, 5.41) is 12.2. The van der Waals surface area contributed by atoms with Crippen LogP contribution in [0.3, 0.4) is 0 Å². The number of ether oxygens (including phenoxy) is 1. The van der Waals surface area contributed by atoms with Gasteiger partial charge in [-0.1, -0.05) is 11.3 Å². The van der Waals surface area contributed by atoms with Gasteiger partial charge in [-0.05, 0) is 43.4 Å². The second-order valence-corrected chi connectivity index (χ2v) is 7.76. The van der Waals surface area contributed by atoms with Crippen LogP contribution >= 0.6 is 0 Å². The fourth-order valence-electron chi connectivity index (χ4n) is 4.11. The van der Waals surface area contributed by atoms with E-state index in [-0.39, 0.29) is 6.04 Å². The van der Waals surface area contributed by atoms with Crippen molar-refractivity contribution in [2.45, 2.75) is 44.2 Å². The molecule has 0 atom stereocenters. The summed E-state index contributed by atoms with van der Waals surface area (Å²) >= 11 is 0. The van der Waals surface area contributed by atoms with Gasteiger partial charge in [0.1, 0.15) is 11.2 Å². The van der Waals surface area contributed by atoms with Crippen molar-refractivity contribution in [1.82, 2.24) is 29.9 Å². The highest BCUT2D eigenvalue weighted by Crippen LogP contribution is 2.31. The molecule has 0 saturated heterocycles. The Labute approximate surface area is 174 Å². The summed E-state index contributed by atoms with van der Waals surface area (Å²) in [5.74, 6) is 0.451. The minimum Gasteiger partial charge on any atom is -0.351 e. The third-order valence-corrected chi connectivity index (χ3v) is 5.66. The first kappa shape index (κ1) is 19.7. The molecule has 0 spiro atoms. The van der Waals surface area contributed by atoms with Crippen molar-refractivity contribution >= 4 is 28.0 Å². The molecule has 31 heavy (non-hydrogen) atoms. The lowest BCUT2D eigenvalue weighted by Crippen LogP contribution is -2.33. The van der Waals surface area contributed by atoms with E-state index in [1.54, 1.807) is 10.9 Å². The molecule has 2 N–H and O–H groups in total. The summed E-state index contributed by atoms with van der Waals surface area (Å²) in [6, 6.07) is 5.94. The zero-order chi connectivity index (χ0) is 21.6. The van der Waals surface area contributed by atoms with Crippen molar-refractivity contribution in [1.29, 1.82) is 0 Å². The molecule has 3 aromatic heterocycles. The summed E-state index contributed by atoms with van der Waals surface area (Å²) in [4.78, 5) is 12.1. The standard InChI is InChI=1S/C20H20F3N7O/c1-30-17-8-11(2-7-16(17)28-29-30)14-9-24-18-15(14)10-25-19(27-18)26-12-3-5-13(6-4-12)31-20(21,22)23/h2,7-10,12-13H,3-6H2,1H3,(H2,24,25,26,27)/t12-,13+. The van der Waals surface area contributed by atoms with Gasteiger partial charge in [0.25, 0.3) is 0 Å². The van der Waals surface area contributed by atoms with E-state index in [1.165, 1.54) is 0 Å². The Bertz CT molecular complexity index is 1220. The van der Waals surface area contributed by atoms with Crippen LogP contribution < -0.4 is 5.32 Å². The van der Waals surface area contributed by atoms with Crippen molar-refractivity contribution < 1.29 is 17.9 Å². The lowest BCUT2D eigenvalue weighted by molar-refractivity contribution is -0.345. The molecule has 0 unspecified atom stereocenters. The SMILES string of the molecule is Cn1nnc2ccc(-c3c[nH]c4nc(N[C@H]5CC[C@@H](OC(F)(F)F)CC5)ncc34)cc21. The predicted molar refractivity (Wildman–Crippen MR) is 108 cm³/mol. The molecule has 3 heterocycles. The monoisotopic (exact) mass is 431 g/mol. The molecule has 0 bridgehead atoms. The highest BCUT2D eigenvalue weighted by Gasteiger charge is 2.35. The van der Waals surface area contributed by atoms with Crippen LogP contribution in [0, 0.1) is 0 Å². The minimum atomic E-state index is -4.58. The van der Waals surface area contributed by atoms with Crippen LogP contribution in [0.4, 0.5) is 19.1 Å². The Morgan fingerprint density at radius 1 is 1.19 bits per heavy atom. The first-order valence-corrected chi connectivity index (χ1v) is 10.0. The van der Waals surface area contributed by atoms with Crippen LogP contribution in [0.5, 0.6) is 0 Å². The van der Waals surface area contributed by atoms with Gasteiger partial charge in [-0.25, -0.2) is 9.67 Å². The highest BCUT2D eigenvalue weighted by atomic mass is 19.4. The fourth-order valence-corrected chi connectivity index (χ4v) is 4.11. The number of hydrogen-bond donors (Lipinski definition) is 2. The van der Waals surface area contributed by atoms with E-state index in [2.05, 4.69) is 35.3 Å². The van der Waals surface area contributed by atoms with Gasteiger partial charge in [-0.2, -0.15) is 4.98 Å². The maximum atomic E-state index is 12.4. The topological polar surface area (TPSA) is 93.5 Å². The number of aryl methyl sites for hydroxylation is 1. The molecule has 1 aromatic carbocycles. The van der Waals surface area contributed by atoms with Gasteiger partial charge < -0.3 is 10.3 Å². The molecule has 0 radical (unpaired) electrons. The Hall–Kier alpha value is -3.21. The lowest BCUT2D eigenvalue weighted by atomic mass is 9.93. The average molecular weight is 431 g/mol. The van der Waals surface area contributed by atoms with Gasteiger partial charge in [0.2, 0.25) is 5.95 Å². The van der Waals surface area contributed by atoms with Crippen LogP contribution in [0.15, 0.2) is 30.6 Å². The quantitative estimate of drug-likeness (QED) is 0.504. The van der Waals surface area contributed by atoms with Gasteiger partial charge in [0, 0.05) is 36.4 Å². The maximum Gasteiger partial charge on any atom is 0.522 e. The Balaban J connectivity index is 1.31. The van der Waals surface area contributed by atoms with Gasteiger partial charge in [0.15, 0.2) is 0 Å². The van der Waals surface area contributed by atoms with Gasteiger partial charge in [0.05, 0.1) is 11.6 Å². The van der Waals surface area contributed by atoms with E-state index >= 15 is 0 Å². The molecule has 1 fully saturated rings. The molecule has 4 aromatic rings. The number of alkyl halides is 3. The number of anilines is 1. The zero-order valence-corrected chi connectivity index (χ0v) is 16.6. The smallest absolute Gasteiger partial charge is 0.351 e. The fraction of sp³-hybridized carbons (Fsp3) is 0.400. The third kappa shape index (κ3) is 4.05. The number of nitrogens with one attached hydrogen (secondary N) is 2. The predicted octanol–water partition coefficient (Wildman–Crippen LogP) is 4.17. The number of aromatic amines is 1. The first-order chi connectivity index (χ1) is 14.9. The number of H-pyrrole nitrogens is 1. The number of hydrogen-bond acceptors (Lipinski definition) is 6. The highest BCUT2D eigenvalue weighted by molar-refractivity contribution is 5.95. The molecule has 8 nitrogen and oxygen atoms in total. The number of rotatable bonds is 4. The van der Waals surface area contributed by atoms with Crippen molar-refractivity contribution in [3.05, 3.63) is 30.6 Å². The second kappa shape index (κ2) is 7.49. The van der Waals surface area contributed by atoms with E-state index < -0.39 is 12.5 Å². The molecule has 0 amide bonds. The van der Waals surface area contributed by atoms with E-state index in [0.29, 0.717) is 37.3 Å². The molecule has 1 aliphatic rings. The number of aromatic nitrogens is 6. The van der Waals surface area contributed by atoms with Crippen LogP contribution in [-0.4, -0.2) is 48.5 Å². The Kier molecular flexibility index (Phi) is 4.77. The summed E-state index contributed by atoms with van der Waals surface area (Å²) in [5.41, 5.74) is 4.40. The number of fused-ring (bicyclic) bond motifs is 2. The number of nitrogens with zero attached hydrogens (tertiary/aromatic N) is 5. The van der Waals surface area contributed by atoms with Crippen molar-refractivity contribution in [3.63, 3.8) is 0 Å². The normalized spacial score (nSPS) is 19.9. The average Bonchev–Trinajstić information content (AvgIpc) is 3.31. The van der Waals surface area contributed by atoms with Crippen molar-refractivity contribution in [2.75, 3.05) is 5.32 Å². The molecule has 1 aliphatic carbocycles. The molecular weight excluding hydrogens is 411 g/mol. The van der Waals surface area contributed by atoms with Gasteiger partial charge in [-0.3, -0.25) is 4.74 Å². The molecule has 162 valence electrons. The largest absolute Gasteiger partial charge is 0.522 e. The van der Waals surface area contributed by atoms with Gasteiger partial charge >= 0.3 is 6.36 Å². The summed E-state index contributed by atoms with van der Waals surface area (Å²) < 4.78 is 43.0. The van der Waals surface area contributed by atoms with Crippen LogP contribution in [-0.2, 0) is 11.8 Å². The molecule has 5 rings (SSSR count). The molecule has 1 saturated carbocycles. The number of benzene rings is 1. The van der Waals surface area contributed by atoms with Gasteiger partial charge in [-0.15, -0.1) is 18.3 Å². The summed E-state index contributed by atoms with van der Waals surface area (Å²) in [6.45, 7) is 0. The van der Waals surface area contributed by atoms with E-state index in [9.17, 15) is 13.2 Å². The zero-order valence-electron chi connectivity index (χ0n) is 16.6. The van der Waals surface area contributed by atoms with E-state index in [0.717, 1.165) is 27.5 Å². The van der Waals surface area contributed by atoms with Crippen LogP contribution in [0.1, 0.15) is 25.7 Å². The third-order valence-electron chi connectivity index (χ3n) is 5.66. The molecular formula is C20H20F3N7O. The molecule has 11 heteroatoms. The Morgan fingerprint density at radius 2 is 2.00 bits per heavy atom. The minimum absolute atomic E-state index is 0.0136. The first-order valence-electron chi connectivity index (χ1n) is 10.0.